The van der Waals surface area contributed by atoms with E-state index in [0.29, 0.717) is 53.7 Å². The van der Waals surface area contributed by atoms with Crippen LogP contribution in [0.2, 0.25) is 0 Å². The second-order valence-electron chi connectivity index (χ2n) is 8.37. The Bertz CT molecular complexity index is 1530. The molecule has 12 heteroatoms. The third kappa shape index (κ3) is 3.66. The molecule has 0 spiro atoms. The van der Waals surface area contributed by atoms with Crippen molar-refractivity contribution in [3.8, 4) is 10.6 Å². The van der Waals surface area contributed by atoms with Crippen LogP contribution in [0.5, 0.6) is 0 Å². The summed E-state index contributed by atoms with van der Waals surface area (Å²) >= 11 is 1.44. The minimum Gasteiger partial charge on any atom is -0.320 e. The number of halogens is 3. The van der Waals surface area contributed by atoms with Crippen molar-refractivity contribution in [3.05, 3.63) is 67.1 Å². The summed E-state index contributed by atoms with van der Waals surface area (Å²) < 4.78 is 42.9. The maximum absolute atomic E-state index is 12.8. The summed E-state index contributed by atoms with van der Waals surface area (Å²) in [6.45, 7) is 4.19. The van der Waals surface area contributed by atoms with Gasteiger partial charge in [-0.25, -0.2) is 14.8 Å². The van der Waals surface area contributed by atoms with E-state index in [-0.39, 0.29) is 5.56 Å². The fraction of sp³-hybridized carbons (Fsp3) is 0.364. The van der Waals surface area contributed by atoms with Gasteiger partial charge in [0.15, 0.2) is 11.2 Å². The molecule has 1 aliphatic rings. The second-order valence-corrected chi connectivity index (χ2v) is 9.57. The van der Waals surface area contributed by atoms with Crippen LogP contribution in [0.25, 0.3) is 21.7 Å². The van der Waals surface area contributed by atoms with E-state index in [1.54, 1.807) is 7.05 Å². The lowest BCUT2D eigenvalue weighted by molar-refractivity contribution is -0.137. The molecule has 4 aromatic rings. The van der Waals surface area contributed by atoms with Crippen molar-refractivity contribution >= 4 is 22.5 Å². The molecule has 0 saturated heterocycles. The maximum atomic E-state index is 12.8. The van der Waals surface area contributed by atoms with Gasteiger partial charge >= 0.3 is 11.9 Å². The summed E-state index contributed by atoms with van der Waals surface area (Å²) in [6.07, 6.45) is -4.37. The van der Waals surface area contributed by atoms with Crippen LogP contribution in [-0.2, 0) is 39.9 Å². The first-order chi connectivity index (χ1) is 16.0. The van der Waals surface area contributed by atoms with Gasteiger partial charge in [0.05, 0.1) is 17.8 Å². The summed E-state index contributed by atoms with van der Waals surface area (Å²) in [5.74, 6) is 0.704. The molecule has 0 fully saturated rings. The van der Waals surface area contributed by atoms with Gasteiger partial charge in [-0.1, -0.05) is 12.1 Å². The van der Waals surface area contributed by atoms with E-state index in [0.717, 1.165) is 27.3 Å². The highest BCUT2D eigenvalue weighted by Crippen LogP contribution is 2.33. The van der Waals surface area contributed by atoms with Gasteiger partial charge in [-0.15, -0.1) is 11.3 Å². The molecule has 0 radical (unpaired) electrons. The number of thiazole rings is 1. The Morgan fingerprint density at radius 1 is 1.03 bits per heavy atom. The minimum absolute atomic E-state index is 0.359. The topological polar surface area (TPSA) is 78.0 Å². The van der Waals surface area contributed by atoms with E-state index >= 15 is 0 Å². The Balaban J connectivity index is 1.40. The predicted octanol–water partition coefficient (Wildman–Crippen LogP) is 2.90. The SMILES string of the molecule is Cc1sc(-c2ccc(C(F)(F)F)cc2)nc1CN1CCn2c(nc3c2c(=O)n(C)c(=O)n3C)C1. The first kappa shape index (κ1) is 22.5. The van der Waals surface area contributed by atoms with E-state index in [4.69, 9.17) is 0 Å². The normalized spacial score (nSPS) is 14.6. The van der Waals surface area contributed by atoms with Crippen molar-refractivity contribution in [2.24, 2.45) is 14.1 Å². The van der Waals surface area contributed by atoms with E-state index < -0.39 is 17.4 Å². The van der Waals surface area contributed by atoms with Gasteiger partial charge in [0, 0.05) is 44.2 Å². The molecule has 0 unspecified atom stereocenters. The third-order valence-electron chi connectivity index (χ3n) is 6.16. The van der Waals surface area contributed by atoms with Gasteiger partial charge < -0.3 is 4.57 Å². The van der Waals surface area contributed by atoms with Gasteiger partial charge in [-0.3, -0.25) is 18.8 Å². The highest BCUT2D eigenvalue weighted by Gasteiger charge is 2.30. The smallest absolute Gasteiger partial charge is 0.320 e. The first-order valence-corrected chi connectivity index (χ1v) is 11.4. The number of nitrogens with zero attached hydrogens (tertiary/aromatic N) is 6. The molecule has 1 aromatic carbocycles. The molecule has 0 aliphatic carbocycles. The molecule has 178 valence electrons. The van der Waals surface area contributed by atoms with Gasteiger partial charge in [-0.05, 0) is 19.1 Å². The average molecular weight is 491 g/mol. The molecular formula is C22H21F3N6O2S. The van der Waals surface area contributed by atoms with Gasteiger partial charge in [0.2, 0.25) is 0 Å². The predicted molar refractivity (Wildman–Crippen MR) is 122 cm³/mol. The molecule has 1 aliphatic heterocycles. The van der Waals surface area contributed by atoms with Gasteiger partial charge in [0.1, 0.15) is 10.8 Å². The lowest BCUT2D eigenvalue weighted by Crippen LogP contribution is -2.38. The number of rotatable bonds is 3. The fourth-order valence-electron chi connectivity index (χ4n) is 4.22. The number of hydrogen-bond acceptors (Lipinski definition) is 6. The molecule has 0 atom stereocenters. The monoisotopic (exact) mass is 490 g/mol. The zero-order valence-electron chi connectivity index (χ0n) is 18.7. The zero-order chi connectivity index (χ0) is 24.4. The molecule has 0 amide bonds. The largest absolute Gasteiger partial charge is 0.416 e. The fourth-order valence-corrected chi connectivity index (χ4v) is 5.15. The van der Waals surface area contributed by atoms with Crippen molar-refractivity contribution in [2.75, 3.05) is 6.54 Å². The lowest BCUT2D eigenvalue weighted by atomic mass is 10.1. The number of alkyl halides is 3. The molecule has 34 heavy (non-hydrogen) atoms. The Hall–Kier alpha value is -3.25. The zero-order valence-corrected chi connectivity index (χ0v) is 19.5. The van der Waals surface area contributed by atoms with Crippen molar-refractivity contribution in [2.45, 2.75) is 32.7 Å². The number of aromatic nitrogens is 5. The van der Waals surface area contributed by atoms with Crippen LogP contribution in [0.1, 0.15) is 22.0 Å². The number of aryl methyl sites for hydroxylation is 2. The highest BCUT2D eigenvalue weighted by atomic mass is 32.1. The Morgan fingerprint density at radius 2 is 1.74 bits per heavy atom. The van der Waals surface area contributed by atoms with Crippen LogP contribution in [0.3, 0.4) is 0 Å². The maximum Gasteiger partial charge on any atom is 0.416 e. The van der Waals surface area contributed by atoms with Crippen molar-refractivity contribution in [1.29, 1.82) is 0 Å². The summed E-state index contributed by atoms with van der Waals surface area (Å²) in [5.41, 5.74) is 0.833. The van der Waals surface area contributed by atoms with Crippen LogP contribution < -0.4 is 11.2 Å². The molecule has 8 nitrogen and oxygen atoms in total. The van der Waals surface area contributed by atoms with Gasteiger partial charge in [0.25, 0.3) is 5.56 Å². The first-order valence-electron chi connectivity index (χ1n) is 10.6. The van der Waals surface area contributed by atoms with Crippen LogP contribution in [-0.4, -0.2) is 35.1 Å². The van der Waals surface area contributed by atoms with Crippen molar-refractivity contribution in [1.82, 2.24) is 28.6 Å². The van der Waals surface area contributed by atoms with E-state index in [9.17, 15) is 22.8 Å². The number of imidazole rings is 1. The van der Waals surface area contributed by atoms with E-state index in [1.807, 2.05) is 11.5 Å². The highest BCUT2D eigenvalue weighted by molar-refractivity contribution is 7.15. The number of hydrogen-bond donors (Lipinski definition) is 0. The quantitative estimate of drug-likeness (QED) is 0.441. The van der Waals surface area contributed by atoms with Crippen LogP contribution in [0.4, 0.5) is 13.2 Å². The Labute approximate surface area is 195 Å². The number of fused-ring (bicyclic) bond motifs is 3. The van der Waals surface area contributed by atoms with E-state index in [2.05, 4.69) is 14.9 Å². The average Bonchev–Trinajstić information content (AvgIpc) is 3.36. The molecule has 3 aromatic heterocycles. The standard InChI is InChI=1S/C22H21F3N6O2S/c1-12-15(26-19(34-12)13-4-6-14(7-5-13)22(23,24)25)10-30-8-9-31-16(11-30)27-18-17(31)20(32)29(3)21(33)28(18)2/h4-7H,8-11H2,1-3H3. The summed E-state index contributed by atoms with van der Waals surface area (Å²) in [4.78, 5) is 37.3. The Kier molecular flexibility index (Phi) is 5.24. The molecule has 5 rings (SSSR count). The molecule has 4 heterocycles. The van der Waals surface area contributed by atoms with Crippen LogP contribution in [0, 0.1) is 6.92 Å². The van der Waals surface area contributed by atoms with Crippen molar-refractivity contribution in [3.63, 3.8) is 0 Å². The molecule has 0 saturated carbocycles. The van der Waals surface area contributed by atoms with Crippen LogP contribution in [0.15, 0.2) is 33.9 Å². The molecular weight excluding hydrogens is 469 g/mol. The number of benzene rings is 1. The third-order valence-corrected chi connectivity index (χ3v) is 7.22. The van der Waals surface area contributed by atoms with Crippen molar-refractivity contribution < 1.29 is 13.2 Å². The summed E-state index contributed by atoms with van der Waals surface area (Å²) in [7, 11) is 3.06. The van der Waals surface area contributed by atoms with Gasteiger partial charge in [-0.2, -0.15) is 13.2 Å². The lowest BCUT2D eigenvalue weighted by Gasteiger charge is -2.27. The summed E-state index contributed by atoms with van der Waals surface area (Å²) in [5, 5.41) is 0.670. The second kappa shape index (κ2) is 7.91. The molecule has 0 N–H and O–H groups in total. The van der Waals surface area contributed by atoms with E-state index in [1.165, 1.54) is 35.1 Å². The minimum atomic E-state index is -4.37. The summed E-state index contributed by atoms with van der Waals surface area (Å²) in [6, 6.07) is 5.02. The molecule has 0 bridgehead atoms. The van der Waals surface area contributed by atoms with Crippen LogP contribution >= 0.6 is 11.3 Å². The Morgan fingerprint density at radius 3 is 2.41 bits per heavy atom.